The van der Waals surface area contributed by atoms with Gasteiger partial charge in [-0.05, 0) is 26.2 Å². The van der Waals surface area contributed by atoms with Crippen LogP contribution in [0, 0.1) is 0 Å². The number of hydrogen-bond donors (Lipinski definition) is 1. The third-order valence-electron chi connectivity index (χ3n) is 2.33. The Morgan fingerprint density at radius 1 is 1.60 bits per heavy atom. The molecule has 0 aromatic heterocycles. The molecule has 0 spiro atoms. The molecule has 1 unspecified atom stereocenters. The fraction of sp³-hybridized carbons (Fsp3) is 0.583. The van der Waals surface area contributed by atoms with E-state index in [4.69, 9.17) is 4.74 Å². The van der Waals surface area contributed by atoms with E-state index in [0.717, 1.165) is 19.4 Å². The maximum Gasteiger partial charge on any atom is 0.330 e. The van der Waals surface area contributed by atoms with Crippen molar-refractivity contribution in [1.82, 2.24) is 5.32 Å². The topological polar surface area (TPSA) is 38.3 Å². The molecule has 1 N–H and O–H groups in total. The first-order valence-corrected chi connectivity index (χ1v) is 5.54. The second-order valence-corrected chi connectivity index (χ2v) is 3.54. The van der Waals surface area contributed by atoms with Crippen LogP contribution in [-0.2, 0) is 9.53 Å². The van der Waals surface area contributed by atoms with Gasteiger partial charge in [-0.2, -0.15) is 0 Å². The predicted octanol–water partition coefficient (Wildman–Crippen LogP) is 1.80. The zero-order valence-electron chi connectivity index (χ0n) is 9.24. The summed E-state index contributed by atoms with van der Waals surface area (Å²) in [5.74, 6) is -0.261. The normalized spacial score (nSPS) is 20.7. The highest BCUT2D eigenvalue weighted by Crippen LogP contribution is 2.09. The standard InChI is InChI=1S/C12H19NO2/c1-2-15-12(14)9-6-10-13-11-7-4-3-5-8-11/h3-4,6,9,11,13H,2,5,7-8,10H2,1H3/b9-6+. The Balaban J connectivity index is 2.09. The summed E-state index contributed by atoms with van der Waals surface area (Å²) in [5, 5.41) is 3.37. The van der Waals surface area contributed by atoms with Crippen LogP contribution in [0.4, 0.5) is 0 Å². The lowest BCUT2D eigenvalue weighted by Gasteiger charge is -2.18. The predicted molar refractivity (Wildman–Crippen MR) is 60.6 cm³/mol. The smallest absolute Gasteiger partial charge is 0.330 e. The lowest BCUT2D eigenvalue weighted by atomic mass is 10.0. The summed E-state index contributed by atoms with van der Waals surface area (Å²) in [4.78, 5) is 10.9. The molecule has 0 aliphatic heterocycles. The van der Waals surface area contributed by atoms with Crippen molar-refractivity contribution in [2.75, 3.05) is 13.2 Å². The van der Waals surface area contributed by atoms with Gasteiger partial charge in [-0.25, -0.2) is 4.79 Å². The third kappa shape index (κ3) is 5.37. The lowest BCUT2D eigenvalue weighted by Crippen LogP contribution is -2.29. The average Bonchev–Trinajstić information content (AvgIpc) is 2.26. The van der Waals surface area contributed by atoms with Crippen molar-refractivity contribution >= 4 is 5.97 Å². The molecule has 1 aliphatic rings. The molecule has 0 radical (unpaired) electrons. The fourth-order valence-corrected chi connectivity index (χ4v) is 1.56. The Morgan fingerprint density at radius 3 is 3.13 bits per heavy atom. The first-order valence-electron chi connectivity index (χ1n) is 5.54. The number of nitrogens with one attached hydrogen (secondary N) is 1. The van der Waals surface area contributed by atoms with Gasteiger partial charge < -0.3 is 10.1 Å². The van der Waals surface area contributed by atoms with Crippen LogP contribution in [0.15, 0.2) is 24.3 Å². The second-order valence-electron chi connectivity index (χ2n) is 3.54. The van der Waals surface area contributed by atoms with Gasteiger partial charge in [0.2, 0.25) is 0 Å². The van der Waals surface area contributed by atoms with Crippen LogP contribution in [0.3, 0.4) is 0 Å². The summed E-state index contributed by atoms with van der Waals surface area (Å²) in [6.07, 6.45) is 11.1. The van der Waals surface area contributed by atoms with E-state index in [9.17, 15) is 4.79 Å². The largest absolute Gasteiger partial charge is 0.463 e. The van der Waals surface area contributed by atoms with E-state index in [2.05, 4.69) is 17.5 Å². The molecule has 0 saturated carbocycles. The van der Waals surface area contributed by atoms with Crippen molar-refractivity contribution < 1.29 is 9.53 Å². The van der Waals surface area contributed by atoms with Crippen LogP contribution in [0.1, 0.15) is 26.2 Å². The molecule has 1 aliphatic carbocycles. The van der Waals surface area contributed by atoms with Gasteiger partial charge in [0.05, 0.1) is 6.61 Å². The van der Waals surface area contributed by atoms with Crippen LogP contribution in [0.25, 0.3) is 0 Å². The maximum absolute atomic E-state index is 10.9. The Labute approximate surface area is 91.2 Å². The van der Waals surface area contributed by atoms with Crippen LogP contribution in [0.2, 0.25) is 0 Å². The molecule has 1 atom stereocenters. The van der Waals surface area contributed by atoms with Crippen LogP contribution in [-0.4, -0.2) is 25.2 Å². The van der Waals surface area contributed by atoms with Gasteiger partial charge >= 0.3 is 5.97 Å². The van der Waals surface area contributed by atoms with Crippen molar-refractivity contribution in [2.24, 2.45) is 0 Å². The molecule has 0 fully saturated rings. The minimum Gasteiger partial charge on any atom is -0.463 e. The van der Waals surface area contributed by atoms with Gasteiger partial charge in [0.1, 0.15) is 0 Å². The van der Waals surface area contributed by atoms with Gasteiger partial charge in [0, 0.05) is 18.7 Å². The highest BCUT2D eigenvalue weighted by molar-refractivity contribution is 5.81. The molecular formula is C12H19NO2. The van der Waals surface area contributed by atoms with E-state index < -0.39 is 0 Å². The monoisotopic (exact) mass is 209 g/mol. The highest BCUT2D eigenvalue weighted by atomic mass is 16.5. The summed E-state index contributed by atoms with van der Waals surface area (Å²) in [7, 11) is 0. The molecule has 0 aromatic carbocycles. The summed E-state index contributed by atoms with van der Waals surface area (Å²) in [6, 6.07) is 0.557. The van der Waals surface area contributed by atoms with E-state index in [0.29, 0.717) is 12.6 Å². The second kappa shape index (κ2) is 7.23. The number of hydrogen-bond acceptors (Lipinski definition) is 3. The molecule has 0 aromatic rings. The van der Waals surface area contributed by atoms with Crippen LogP contribution >= 0.6 is 0 Å². The molecular weight excluding hydrogens is 190 g/mol. The number of esters is 1. The number of ether oxygens (including phenoxy) is 1. The Morgan fingerprint density at radius 2 is 2.47 bits per heavy atom. The minimum absolute atomic E-state index is 0.261. The minimum atomic E-state index is -0.261. The number of rotatable bonds is 5. The first-order chi connectivity index (χ1) is 7.33. The van der Waals surface area contributed by atoms with Gasteiger partial charge in [-0.3, -0.25) is 0 Å². The third-order valence-corrected chi connectivity index (χ3v) is 2.33. The van der Waals surface area contributed by atoms with Crippen molar-refractivity contribution in [1.29, 1.82) is 0 Å². The Kier molecular flexibility index (Phi) is 5.78. The van der Waals surface area contributed by atoms with Crippen LogP contribution in [0.5, 0.6) is 0 Å². The SMILES string of the molecule is CCOC(=O)/C=C/CNC1CC=CCC1. The van der Waals surface area contributed by atoms with Crippen molar-refractivity contribution in [3.05, 3.63) is 24.3 Å². The number of carbonyl (C=O) groups is 1. The molecule has 1 rings (SSSR count). The van der Waals surface area contributed by atoms with E-state index in [-0.39, 0.29) is 5.97 Å². The summed E-state index contributed by atoms with van der Waals surface area (Å²) >= 11 is 0. The molecule has 0 bridgehead atoms. The number of carbonyl (C=O) groups excluding carboxylic acids is 1. The van der Waals surface area contributed by atoms with Crippen molar-refractivity contribution in [3.8, 4) is 0 Å². The molecule has 0 heterocycles. The molecule has 84 valence electrons. The zero-order valence-corrected chi connectivity index (χ0v) is 9.24. The number of allylic oxidation sites excluding steroid dienone is 1. The summed E-state index contributed by atoms with van der Waals surface area (Å²) in [5.41, 5.74) is 0. The van der Waals surface area contributed by atoms with Gasteiger partial charge in [0.15, 0.2) is 0 Å². The van der Waals surface area contributed by atoms with E-state index in [1.165, 1.54) is 12.5 Å². The Bertz CT molecular complexity index is 246. The molecule has 0 saturated heterocycles. The first kappa shape index (κ1) is 12.0. The fourth-order valence-electron chi connectivity index (χ4n) is 1.56. The van der Waals surface area contributed by atoms with Crippen LogP contribution < -0.4 is 5.32 Å². The molecule has 3 heteroatoms. The lowest BCUT2D eigenvalue weighted by molar-refractivity contribution is -0.137. The molecule has 3 nitrogen and oxygen atoms in total. The summed E-state index contributed by atoms with van der Waals surface area (Å²) < 4.78 is 4.77. The van der Waals surface area contributed by atoms with E-state index in [1.807, 2.05) is 6.08 Å². The highest BCUT2D eigenvalue weighted by Gasteiger charge is 2.06. The quantitative estimate of drug-likeness (QED) is 0.426. The maximum atomic E-state index is 10.9. The van der Waals surface area contributed by atoms with Crippen molar-refractivity contribution in [3.63, 3.8) is 0 Å². The average molecular weight is 209 g/mol. The molecule has 0 amide bonds. The zero-order chi connectivity index (χ0) is 10.9. The van der Waals surface area contributed by atoms with Gasteiger partial charge in [-0.15, -0.1) is 0 Å². The Hall–Kier alpha value is -1.09. The van der Waals surface area contributed by atoms with E-state index >= 15 is 0 Å². The van der Waals surface area contributed by atoms with E-state index in [1.54, 1.807) is 6.92 Å². The van der Waals surface area contributed by atoms with Crippen molar-refractivity contribution in [2.45, 2.75) is 32.2 Å². The molecule has 15 heavy (non-hydrogen) atoms. The summed E-state index contributed by atoms with van der Waals surface area (Å²) in [6.45, 7) is 2.97. The van der Waals surface area contributed by atoms with Gasteiger partial charge in [0.25, 0.3) is 0 Å². The van der Waals surface area contributed by atoms with Gasteiger partial charge in [-0.1, -0.05) is 18.2 Å².